The monoisotopic (exact) mass is 218 g/mol. The summed E-state index contributed by atoms with van der Waals surface area (Å²) in [6.07, 6.45) is -0.584. The lowest BCUT2D eigenvalue weighted by Crippen LogP contribution is -2.04. The van der Waals surface area contributed by atoms with E-state index in [-0.39, 0.29) is 16.1 Å². The van der Waals surface area contributed by atoms with E-state index in [0.717, 1.165) is 0 Å². The third kappa shape index (κ3) is 1.96. The summed E-state index contributed by atoms with van der Waals surface area (Å²) in [6.45, 7) is 1.45. The Bertz CT molecular complexity index is 364. The third-order valence-corrected chi connectivity index (χ3v) is 2.08. The molecule has 0 fully saturated rings. The van der Waals surface area contributed by atoms with Gasteiger partial charge in [-0.15, -0.1) is 0 Å². The molecule has 0 bridgehead atoms. The van der Waals surface area contributed by atoms with E-state index in [2.05, 4.69) is 0 Å². The number of hydrogen-bond donors (Lipinski definition) is 2. The van der Waals surface area contributed by atoms with Gasteiger partial charge in [-0.1, -0.05) is 11.6 Å². The first-order chi connectivity index (χ1) is 6.43. The molecule has 0 spiro atoms. The largest absolute Gasteiger partial charge is 0.506 e. The number of carbonyl (C=O) groups is 1. The molecule has 0 aliphatic heterocycles. The van der Waals surface area contributed by atoms with Crippen LogP contribution >= 0.6 is 11.6 Å². The molecule has 76 valence electrons. The van der Waals surface area contributed by atoms with Gasteiger partial charge in [0.05, 0.1) is 11.4 Å². The lowest BCUT2D eigenvalue weighted by molar-refractivity contribution is -0.136. The molecule has 0 aliphatic rings. The van der Waals surface area contributed by atoms with Crippen LogP contribution in [-0.4, -0.2) is 16.2 Å². The van der Waals surface area contributed by atoms with E-state index >= 15 is 0 Å². The molecule has 0 radical (unpaired) electrons. The van der Waals surface area contributed by atoms with E-state index in [9.17, 15) is 14.3 Å². The van der Waals surface area contributed by atoms with Gasteiger partial charge in [0.2, 0.25) is 0 Å². The fraction of sp³-hybridized carbons (Fsp3) is 0.222. The Morgan fingerprint density at radius 1 is 1.64 bits per heavy atom. The van der Waals surface area contributed by atoms with Crippen molar-refractivity contribution in [2.45, 2.75) is 13.3 Å². The second-order valence-electron chi connectivity index (χ2n) is 2.89. The summed E-state index contributed by atoms with van der Waals surface area (Å²) in [6, 6.07) is 1.25. The molecule has 2 N–H and O–H groups in total. The molecule has 1 aromatic carbocycles. The number of rotatable bonds is 2. The average Bonchev–Trinajstić information content (AvgIpc) is 2.09. The number of aryl methyl sites for hydroxylation is 1. The summed E-state index contributed by atoms with van der Waals surface area (Å²) >= 11 is 5.56. The topological polar surface area (TPSA) is 57.5 Å². The zero-order chi connectivity index (χ0) is 10.9. The Hall–Kier alpha value is -1.29. The summed E-state index contributed by atoms with van der Waals surface area (Å²) in [4.78, 5) is 10.4. The first-order valence-corrected chi connectivity index (χ1v) is 4.19. The molecule has 0 amide bonds. The molecule has 1 rings (SSSR count). The number of aliphatic carboxylic acids is 1. The first-order valence-electron chi connectivity index (χ1n) is 3.81. The average molecular weight is 219 g/mol. The molecule has 0 atom stereocenters. The molecule has 0 saturated heterocycles. The number of aromatic hydroxyl groups is 1. The minimum absolute atomic E-state index is 0.0415. The highest BCUT2D eigenvalue weighted by molar-refractivity contribution is 6.32. The van der Waals surface area contributed by atoms with Crippen molar-refractivity contribution in [1.82, 2.24) is 0 Å². The van der Waals surface area contributed by atoms with Crippen LogP contribution in [0.3, 0.4) is 0 Å². The molecule has 0 aromatic heterocycles. The van der Waals surface area contributed by atoms with E-state index in [1.54, 1.807) is 0 Å². The van der Waals surface area contributed by atoms with E-state index in [1.165, 1.54) is 13.0 Å². The van der Waals surface area contributed by atoms with Crippen LogP contribution < -0.4 is 0 Å². The zero-order valence-electron chi connectivity index (χ0n) is 7.34. The zero-order valence-corrected chi connectivity index (χ0v) is 8.10. The minimum atomic E-state index is -1.22. The molecule has 5 heteroatoms. The number of halogens is 2. The van der Waals surface area contributed by atoms with Crippen molar-refractivity contribution < 1.29 is 19.4 Å². The normalized spacial score (nSPS) is 10.2. The number of benzene rings is 1. The quantitative estimate of drug-likeness (QED) is 0.800. The molecule has 0 heterocycles. The Labute approximate surface area is 84.7 Å². The Morgan fingerprint density at radius 3 is 2.71 bits per heavy atom. The number of phenolic OH excluding ortho intramolecular Hbond substituents is 1. The molecule has 14 heavy (non-hydrogen) atoms. The predicted molar refractivity (Wildman–Crippen MR) is 49.2 cm³/mol. The van der Waals surface area contributed by atoms with Crippen molar-refractivity contribution in [1.29, 1.82) is 0 Å². The van der Waals surface area contributed by atoms with E-state index in [1.807, 2.05) is 0 Å². The van der Waals surface area contributed by atoms with E-state index in [0.29, 0.717) is 0 Å². The summed E-state index contributed by atoms with van der Waals surface area (Å²) in [7, 11) is 0. The van der Waals surface area contributed by atoms with Crippen LogP contribution in [0.1, 0.15) is 11.1 Å². The maximum absolute atomic E-state index is 13.3. The highest BCUT2D eigenvalue weighted by Gasteiger charge is 2.17. The van der Waals surface area contributed by atoms with Gasteiger partial charge in [0.15, 0.2) is 0 Å². The Morgan fingerprint density at radius 2 is 2.21 bits per heavy atom. The van der Waals surface area contributed by atoms with Crippen LogP contribution in [0.15, 0.2) is 6.07 Å². The van der Waals surface area contributed by atoms with Crippen LogP contribution in [0, 0.1) is 12.7 Å². The molecular weight excluding hydrogens is 211 g/mol. The van der Waals surface area contributed by atoms with Crippen LogP contribution in [-0.2, 0) is 11.2 Å². The number of phenols is 1. The van der Waals surface area contributed by atoms with Crippen molar-refractivity contribution in [3.63, 3.8) is 0 Å². The van der Waals surface area contributed by atoms with Gasteiger partial charge < -0.3 is 10.2 Å². The smallest absolute Gasteiger partial charge is 0.308 e. The van der Waals surface area contributed by atoms with Crippen LogP contribution in [0.25, 0.3) is 0 Å². The highest BCUT2D eigenvalue weighted by atomic mass is 35.5. The second-order valence-corrected chi connectivity index (χ2v) is 3.29. The summed E-state index contributed by atoms with van der Waals surface area (Å²) < 4.78 is 13.3. The van der Waals surface area contributed by atoms with Gasteiger partial charge in [-0.3, -0.25) is 4.79 Å². The van der Waals surface area contributed by atoms with Gasteiger partial charge in [0.1, 0.15) is 11.6 Å². The van der Waals surface area contributed by atoms with Crippen molar-refractivity contribution in [2.75, 3.05) is 0 Å². The summed E-state index contributed by atoms with van der Waals surface area (Å²) in [5, 5.41) is 17.8. The fourth-order valence-electron chi connectivity index (χ4n) is 1.12. The molecule has 3 nitrogen and oxygen atoms in total. The highest BCUT2D eigenvalue weighted by Crippen LogP contribution is 2.31. The van der Waals surface area contributed by atoms with Gasteiger partial charge in [-0.2, -0.15) is 0 Å². The molecule has 0 aliphatic carbocycles. The number of hydrogen-bond acceptors (Lipinski definition) is 2. The fourth-order valence-corrected chi connectivity index (χ4v) is 1.40. The van der Waals surface area contributed by atoms with Gasteiger partial charge in [0, 0.05) is 5.56 Å². The van der Waals surface area contributed by atoms with Gasteiger partial charge in [-0.05, 0) is 18.6 Å². The van der Waals surface area contributed by atoms with Gasteiger partial charge >= 0.3 is 5.97 Å². The molecule has 0 unspecified atom stereocenters. The summed E-state index contributed by atoms with van der Waals surface area (Å²) in [5.41, 5.74) is -0.0634. The van der Waals surface area contributed by atoms with Gasteiger partial charge in [-0.25, -0.2) is 4.39 Å². The Balaban J connectivity index is 3.31. The molecule has 1 aromatic rings. The van der Waals surface area contributed by atoms with Crippen molar-refractivity contribution in [3.8, 4) is 5.75 Å². The lowest BCUT2D eigenvalue weighted by Gasteiger charge is -2.07. The number of carboxylic acids is 1. The maximum Gasteiger partial charge on any atom is 0.308 e. The minimum Gasteiger partial charge on any atom is -0.506 e. The number of carboxylic acid groups (broad SMARTS) is 1. The third-order valence-electron chi connectivity index (χ3n) is 1.79. The van der Waals surface area contributed by atoms with E-state index < -0.39 is 24.0 Å². The standard InChI is InChI=1S/C9H8ClFO3/c1-4-2-6(10)9(14)5(8(4)11)3-7(12)13/h2,14H,3H2,1H3,(H,12,13). The first kappa shape index (κ1) is 10.8. The van der Waals surface area contributed by atoms with Crippen LogP contribution in [0.5, 0.6) is 5.75 Å². The van der Waals surface area contributed by atoms with Crippen molar-refractivity contribution >= 4 is 17.6 Å². The SMILES string of the molecule is Cc1cc(Cl)c(O)c(CC(=O)O)c1F. The van der Waals surface area contributed by atoms with Crippen LogP contribution in [0.2, 0.25) is 5.02 Å². The molecule has 0 saturated carbocycles. The van der Waals surface area contributed by atoms with Crippen molar-refractivity contribution in [2.24, 2.45) is 0 Å². The van der Waals surface area contributed by atoms with Crippen molar-refractivity contribution in [3.05, 3.63) is 28.0 Å². The lowest BCUT2D eigenvalue weighted by atomic mass is 10.1. The van der Waals surface area contributed by atoms with Gasteiger partial charge in [0.25, 0.3) is 0 Å². The second kappa shape index (κ2) is 3.84. The van der Waals surface area contributed by atoms with Crippen LogP contribution in [0.4, 0.5) is 4.39 Å². The maximum atomic E-state index is 13.3. The van der Waals surface area contributed by atoms with E-state index in [4.69, 9.17) is 16.7 Å². The summed E-state index contributed by atoms with van der Waals surface area (Å²) in [5.74, 6) is -2.45. The molecular formula is C9H8ClFO3. The Kier molecular flexibility index (Phi) is 2.96. The predicted octanol–water partition coefficient (Wildman–Crippen LogP) is 2.12.